The van der Waals surface area contributed by atoms with Gasteiger partial charge in [0.2, 0.25) is 5.91 Å². The van der Waals surface area contributed by atoms with Crippen LogP contribution in [-0.2, 0) is 20.9 Å². The van der Waals surface area contributed by atoms with Gasteiger partial charge in [0, 0.05) is 25.8 Å². The number of methoxy groups -OCH3 is 1. The van der Waals surface area contributed by atoms with Crippen LogP contribution in [0.5, 0.6) is 5.75 Å². The van der Waals surface area contributed by atoms with Gasteiger partial charge in [0.15, 0.2) is 6.61 Å². The molecule has 0 saturated heterocycles. The van der Waals surface area contributed by atoms with E-state index in [9.17, 15) is 9.59 Å². The van der Waals surface area contributed by atoms with Crippen molar-refractivity contribution < 1.29 is 19.1 Å². The molecule has 2 aromatic carbocycles. The molecule has 1 aliphatic rings. The number of nitrogens with one attached hydrogen (secondary N) is 1. The van der Waals surface area contributed by atoms with Gasteiger partial charge >= 0.3 is 0 Å². The number of hydrogen-bond acceptors (Lipinski definition) is 4. The largest absolute Gasteiger partial charge is 0.483 e. The fourth-order valence-corrected chi connectivity index (χ4v) is 2.99. The fourth-order valence-electron chi connectivity index (χ4n) is 2.99. The molecule has 136 valence electrons. The minimum Gasteiger partial charge on any atom is -0.483 e. The Morgan fingerprint density at radius 1 is 1.19 bits per heavy atom. The van der Waals surface area contributed by atoms with Crippen LogP contribution >= 0.6 is 0 Å². The topological polar surface area (TPSA) is 67.9 Å². The first kappa shape index (κ1) is 17.9. The van der Waals surface area contributed by atoms with Gasteiger partial charge in [-0.1, -0.05) is 48.5 Å². The van der Waals surface area contributed by atoms with Crippen LogP contribution in [0, 0.1) is 0 Å². The Hall–Kier alpha value is -2.86. The summed E-state index contributed by atoms with van der Waals surface area (Å²) >= 11 is 0. The zero-order valence-electron chi connectivity index (χ0n) is 14.7. The van der Waals surface area contributed by atoms with Crippen molar-refractivity contribution in [2.24, 2.45) is 0 Å². The average Bonchev–Trinajstić information content (AvgIpc) is 2.80. The molecule has 0 spiro atoms. The van der Waals surface area contributed by atoms with E-state index < -0.39 is 6.04 Å². The summed E-state index contributed by atoms with van der Waals surface area (Å²) in [7, 11) is 1.58. The van der Waals surface area contributed by atoms with Crippen molar-refractivity contribution >= 4 is 11.8 Å². The molecule has 1 heterocycles. The van der Waals surface area contributed by atoms with Crippen molar-refractivity contribution in [2.75, 3.05) is 26.9 Å². The number of nitrogens with zero attached hydrogens (tertiary/aromatic N) is 1. The lowest BCUT2D eigenvalue weighted by atomic mass is 10.0. The molecular weight excluding hydrogens is 332 g/mol. The second-order valence-corrected chi connectivity index (χ2v) is 6.02. The predicted octanol–water partition coefficient (Wildman–Crippen LogP) is 1.91. The Morgan fingerprint density at radius 3 is 2.69 bits per heavy atom. The SMILES string of the molecule is COCCNC(=O)C1c2ccccc2OCC(=O)N1Cc1ccccc1. The molecule has 0 saturated carbocycles. The number of hydrogen-bond donors (Lipinski definition) is 1. The van der Waals surface area contributed by atoms with Crippen LogP contribution in [0.3, 0.4) is 0 Å². The standard InChI is InChI=1S/C20H22N2O4/c1-25-12-11-21-20(24)19-16-9-5-6-10-17(16)26-14-18(23)22(19)13-15-7-3-2-4-8-15/h2-10,19H,11-14H2,1H3,(H,21,24). The van der Waals surface area contributed by atoms with Crippen LogP contribution in [0.25, 0.3) is 0 Å². The maximum atomic E-state index is 12.9. The molecular formula is C20H22N2O4. The van der Waals surface area contributed by atoms with Gasteiger partial charge in [-0.3, -0.25) is 9.59 Å². The van der Waals surface area contributed by atoms with Crippen molar-refractivity contribution in [3.8, 4) is 5.75 Å². The Kier molecular flexibility index (Phi) is 5.86. The highest BCUT2D eigenvalue weighted by Gasteiger charge is 2.36. The maximum Gasteiger partial charge on any atom is 0.261 e. The minimum atomic E-state index is -0.752. The van der Waals surface area contributed by atoms with E-state index in [1.54, 1.807) is 18.1 Å². The third kappa shape index (κ3) is 4.03. The molecule has 2 amide bonds. The number of carbonyl (C=O) groups excluding carboxylic acids is 2. The van der Waals surface area contributed by atoms with Crippen molar-refractivity contribution in [3.05, 3.63) is 65.7 Å². The molecule has 0 aliphatic carbocycles. The molecule has 0 aromatic heterocycles. The molecule has 1 atom stereocenters. The molecule has 3 rings (SSSR count). The summed E-state index contributed by atoms with van der Waals surface area (Å²) in [5.41, 5.74) is 1.64. The third-order valence-corrected chi connectivity index (χ3v) is 4.25. The smallest absolute Gasteiger partial charge is 0.261 e. The zero-order valence-corrected chi connectivity index (χ0v) is 14.7. The van der Waals surface area contributed by atoms with Gasteiger partial charge in [-0.25, -0.2) is 0 Å². The van der Waals surface area contributed by atoms with E-state index >= 15 is 0 Å². The molecule has 26 heavy (non-hydrogen) atoms. The summed E-state index contributed by atoms with van der Waals surface area (Å²) in [4.78, 5) is 27.2. The van der Waals surface area contributed by atoms with E-state index in [-0.39, 0.29) is 18.4 Å². The highest BCUT2D eigenvalue weighted by molar-refractivity contribution is 5.90. The monoisotopic (exact) mass is 354 g/mol. The van der Waals surface area contributed by atoms with Gasteiger partial charge < -0.3 is 19.7 Å². The highest BCUT2D eigenvalue weighted by atomic mass is 16.5. The summed E-state index contributed by atoms with van der Waals surface area (Å²) in [5.74, 6) is 0.0875. The molecule has 0 radical (unpaired) electrons. The first-order valence-corrected chi connectivity index (χ1v) is 8.52. The molecule has 1 N–H and O–H groups in total. The minimum absolute atomic E-state index is 0.0916. The third-order valence-electron chi connectivity index (χ3n) is 4.25. The van der Waals surface area contributed by atoms with Gasteiger partial charge in [0.25, 0.3) is 5.91 Å². The van der Waals surface area contributed by atoms with Crippen molar-refractivity contribution in [3.63, 3.8) is 0 Å². The van der Waals surface area contributed by atoms with Gasteiger partial charge in [-0.05, 0) is 11.6 Å². The zero-order chi connectivity index (χ0) is 18.4. The van der Waals surface area contributed by atoms with Gasteiger partial charge in [-0.15, -0.1) is 0 Å². The first-order chi connectivity index (χ1) is 12.7. The van der Waals surface area contributed by atoms with Crippen LogP contribution in [0.1, 0.15) is 17.2 Å². The number of carbonyl (C=O) groups is 2. The van der Waals surface area contributed by atoms with Gasteiger partial charge in [-0.2, -0.15) is 0 Å². The second kappa shape index (κ2) is 8.49. The normalized spacial score (nSPS) is 16.4. The molecule has 0 fully saturated rings. The Labute approximate surface area is 152 Å². The summed E-state index contributed by atoms with van der Waals surface area (Å²) in [5, 5.41) is 2.84. The summed E-state index contributed by atoms with van der Waals surface area (Å²) in [6.07, 6.45) is 0. The molecule has 6 heteroatoms. The van der Waals surface area contributed by atoms with E-state index in [0.717, 1.165) is 5.56 Å². The highest BCUT2D eigenvalue weighted by Crippen LogP contribution is 2.33. The van der Waals surface area contributed by atoms with E-state index in [4.69, 9.17) is 9.47 Å². The number of para-hydroxylation sites is 1. The lowest BCUT2D eigenvalue weighted by Crippen LogP contribution is -2.44. The lowest BCUT2D eigenvalue weighted by molar-refractivity contribution is -0.142. The quantitative estimate of drug-likeness (QED) is 0.805. The summed E-state index contributed by atoms with van der Waals surface area (Å²) in [6.45, 7) is 1.02. The Morgan fingerprint density at radius 2 is 1.92 bits per heavy atom. The summed E-state index contributed by atoms with van der Waals surface area (Å²) in [6, 6.07) is 16.1. The molecule has 1 unspecified atom stereocenters. The fraction of sp³-hybridized carbons (Fsp3) is 0.300. The predicted molar refractivity (Wildman–Crippen MR) is 96.6 cm³/mol. The summed E-state index contributed by atoms with van der Waals surface area (Å²) < 4.78 is 10.6. The van der Waals surface area contributed by atoms with Gasteiger partial charge in [0.05, 0.1) is 6.61 Å². The molecule has 1 aliphatic heterocycles. The van der Waals surface area contributed by atoms with Crippen LogP contribution in [0.15, 0.2) is 54.6 Å². The Bertz CT molecular complexity index is 763. The van der Waals surface area contributed by atoms with E-state index in [1.807, 2.05) is 48.5 Å². The number of rotatable bonds is 6. The van der Waals surface area contributed by atoms with Crippen molar-refractivity contribution in [2.45, 2.75) is 12.6 Å². The van der Waals surface area contributed by atoms with E-state index in [0.29, 0.717) is 31.0 Å². The molecule has 0 bridgehead atoms. The maximum absolute atomic E-state index is 12.9. The van der Waals surface area contributed by atoms with Crippen LogP contribution in [0.4, 0.5) is 0 Å². The molecule has 2 aromatic rings. The van der Waals surface area contributed by atoms with Gasteiger partial charge in [0.1, 0.15) is 11.8 Å². The Balaban J connectivity index is 1.94. The number of fused-ring (bicyclic) bond motifs is 1. The number of benzene rings is 2. The average molecular weight is 354 g/mol. The first-order valence-electron chi connectivity index (χ1n) is 8.52. The van der Waals surface area contributed by atoms with E-state index in [2.05, 4.69) is 5.32 Å². The molecule has 6 nitrogen and oxygen atoms in total. The van der Waals surface area contributed by atoms with Crippen molar-refractivity contribution in [1.82, 2.24) is 10.2 Å². The number of ether oxygens (including phenoxy) is 2. The van der Waals surface area contributed by atoms with Crippen LogP contribution in [0.2, 0.25) is 0 Å². The lowest BCUT2D eigenvalue weighted by Gasteiger charge is -2.29. The van der Waals surface area contributed by atoms with Crippen molar-refractivity contribution in [1.29, 1.82) is 0 Å². The van der Waals surface area contributed by atoms with Crippen LogP contribution < -0.4 is 10.1 Å². The van der Waals surface area contributed by atoms with Crippen LogP contribution in [-0.4, -0.2) is 43.6 Å². The second-order valence-electron chi connectivity index (χ2n) is 6.02. The van der Waals surface area contributed by atoms with E-state index in [1.165, 1.54) is 0 Å². The number of amides is 2.